The van der Waals surface area contributed by atoms with E-state index >= 15 is 0 Å². The Kier molecular flexibility index (Phi) is 6.78. The number of allylic oxidation sites excluding steroid dienone is 1. The second-order valence-corrected chi connectivity index (χ2v) is 8.23. The van der Waals surface area contributed by atoms with Gasteiger partial charge in [-0.15, -0.1) is 0 Å². The van der Waals surface area contributed by atoms with Crippen LogP contribution in [0.15, 0.2) is 27.9 Å². The molecule has 0 radical (unpaired) electrons. The second-order valence-electron chi connectivity index (χ2n) is 8.23. The fourth-order valence-electron chi connectivity index (χ4n) is 4.35. The molecule has 10 heteroatoms. The average molecular weight is 442 g/mol. The predicted octanol–water partition coefficient (Wildman–Crippen LogP) is 2.30. The molecule has 1 amide bonds. The maximum absolute atomic E-state index is 13.1. The minimum absolute atomic E-state index is 0.128. The van der Waals surface area contributed by atoms with Gasteiger partial charge >= 0.3 is 12.1 Å². The van der Waals surface area contributed by atoms with Crippen LogP contribution in [0.2, 0.25) is 0 Å². The molecule has 0 aromatic heterocycles. The quantitative estimate of drug-likeness (QED) is 0.504. The van der Waals surface area contributed by atoms with E-state index in [0.29, 0.717) is 24.0 Å². The predicted molar refractivity (Wildman–Crippen MR) is 109 cm³/mol. The number of hydrogen-bond donors (Lipinski definition) is 2. The molecule has 1 saturated heterocycles. The van der Waals surface area contributed by atoms with Gasteiger partial charge in [-0.1, -0.05) is 6.92 Å². The van der Waals surface area contributed by atoms with Crippen LogP contribution in [0.1, 0.15) is 40.0 Å². The van der Waals surface area contributed by atoms with E-state index in [1.807, 2.05) is 0 Å². The number of nitrogens with one attached hydrogen (secondary N) is 2. The van der Waals surface area contributed by atoms with Crippen LogP contribution in [-0.4, -0.2) is 67.1 Å². The molecule has 0 bridgehead atoms. The number of piperidine rings is 1. The zero-order valence-electron chi connectivity index (χ0n) is 18.1. The van der Waals surface area contributed by atoms with E-state index in [4.69, 9.17) is 4.74 Å². The van der Waals surface area contributed by atoms with Gasteiger partial charge in [0.25, 0.3) is 5.91 Å². The van der Waals surface area contributed by atoms with Crippen LogP contribution < -0.4 is 10.6 Å². The lowest BCUT2D eigenvalue weighted by Gasteiger charge is -2.38. The lowest BCUT2D eigenvalue weighted by Crippen LogP contribution is -2.48. The number of carbonyl (C=O) groups excluding carboxylic acids is 2. The van der Waals surface area contributed by atoms with E-state index in [0.717, 1.165) is 19.6 Å². The minimum Gasteiger partial charge on any atom is -0.450 e. The number of nitrogens with zero attached hydrogens (tertiary/aromatic N) is 2. The molecule has 1 atom stereocenters. The van der Waals surface area contributed by atoms with Crippen molar-refractivity contribution >= 4 is 17.7 Å². The van der Waals surface area contributed by atoms with E-state index in [1.165, 1.54) is 13.1 Å². The molecule has 3 aliphatic heterocycles. The highest BCUT2D eigenvalue weighted by Gasteiger charge is 2.50. The Morgan fingerprint density at radius 3 is 2.65 bits per heavy atom. The van der Waals surface area contributed by atoms with Crippen molar-refractivity contribution in [3.05, 3.63) is 22.9 Å². The van der Waals surface area contributed by atoms with Gasteiger partial charge in [-0.25, -0.2) is 4.79 Å². The molecule has 2 N–H and O–H groups in total. The zero-order chi connectivity index (χ0) is 22.8. The summed E-state index contributed by atoms with van der Waals surface area (Å²) < 4.78 is 44.9. The van der Waals surface area contributed by atoms with Crippen molar-refractivity contribution < 1.29 is 27.5 Å². The SMILES string of the molecule is CCN1CCC2(CC1)OC(=O)C(C)=C2C(=O)NCCN=C1CC(C(F)(F)F)C(C)=CN1. The Morgan fingerprint density at radius 2 is 2.03 bits per heavy atom. The van der Waals surface area contributed by atoms with E-state index in [-0.39, 0.29) is 36.8 Å². The number of carbonyl (C=O) groups is 2. The van der Waals surface area contributed by atoms with Gasteiger partial charge in [-0.3, -0.25) is 9.79 Å². The summed E-state index contributed by atoms with van der Waals surface area (Å²) in [7, 11) is 0. The fraction of sp³-hybridized carbons (Fsp3) is 0.667. The lowest BCUT2D eigenvalue weighted by atomic mass is 9.82. The number of amides is 1. The molecule has 0 aromatic rings. The average Bonchev–Trinajstić information content (AvgIpc) is 2.95. The molecule has 0 saturated carbocycles. The van der Waals surface area contributed by atoms with E-state index < -0.39 is 23.7 Å². The van der Waals surface area contributed by atoms with Crippen molar-refractivity contribution in [3.8, 4) is 0 Å². The highest BCUT2D eigenvalue weighted by Crippen LogP contribution is 2.41. The molecule has 0 aliphatic carbocycles. The van der Waals surface area contributed by atoms with Gasteiger partial charge in [0.2, 0.25) is 0 Å². The lowest BCUT2D eigenvalue weighted by molar-refractivity contribution is -0.162. The van der Waals surface area contributed by atoms with Gasteiger partial charge < -0.3 is 20.3 Å². The van der Waals surface area contributed by atoms with Crippen LogP contribution in [0.4, 0.5) is 13.2 Å². The number of ether oxygens (including phenoxy) is 1. The number of amidine groups is 1. The first-order chi connectivity index (χ1) is 14.6. The summed E-state index contributed by atoms with van der Waals surface area (Å²) in [6.07, 6.45) is -2.13. The molecular formula is C21H29F3N4O3. The first-order valence-electron chi connectivity index (χ1n) is 10.6. The van der Waals surface area contributed by atoms with Crippen molar-refractivity contribution in [1.29, 1.82) is 0 Å². The van der Waals surface area contributed by atoms with E-state index in [1.54, 1.807) is 6.92 Å². The third kappa shape index (κ3) is 4.94. The maximum Gasteiger partial charge on any atom is 0.395 e. The molecule has 1 unspecified atom stereocenters. The Labute approximate surface area is 179 Å². The Balaban J connectivity index is 1.59. The summed E-state index contributed by atoms with van der Waals surface area (Å²) in [5.41, 5.74) is 0.00641. The molecule has 3 rings (SSSR count). The molecular weight excluding hydrogens is 413 g/mol. The van der Waals surface area contributed by atoms with Crippen LogP contribution >= 0.6 is 0 Å². The molecule has 1 fully saturated rings. The second kappa shape index (κ2) is 9.02. The van der Waals surface area contributed by atoms with Crippen molar-refractivity contribution in [3.63, 3.8) is 0 Å². The molecule has 1 spiro atoms. The highest BCUT2D eigenvalue weighted by molar-refractivity contribution is 6.07. The first-order valence-corrected chi connectivity index (χ1v) is 10.6. The summed E-state index contributed by atoms with van der Waals surface area (Å²) in [4.78, 5) is 31.5. The number of hydrogen-bond acceptors (Lipinski definition) is 5. The molecule has 7 nitrogen and oxygen atoms in total. The van der Waals surface area contributed by atoms with Crippen LogP contribution in [0.3, 0.4) is 0 Å². The Hall–Kier alpha value is -2.36. The summed E-state index contributed by atoms with van der Waals surface area (Å²) >= 11 is 0. The van der Waals surface area contributed by atoms with Crippen LogP contribution in [0, 0.1) is 5.92 Å². The van der Waals surface area contributed by atoms with Crippen LogP contribution in [0.5, 0.6) is 0 Å². The van der Waals surface area contributed by atoms with Gasteiger partial charge in [0, 0.05) is 50.7 Å². The summed E-state index contributed by atoms with van der Waals surface area (Å²) in [5.74, 6) is -2.16. The number of rotatable bonds is 5. The van der Waals surface area contributed by atoms with Crippen molar-refractivity contribution in [1.82, 2.24) is 15.5 Å². The number of alkyl halides is 3. The molecule has 3 heterocycles. The zero-order valence-corrected chi connectivity index (χ0v) is 18.1. The largest absolute Gasteiger partial charge is 0.450 e. The van der Waals surface area contributed by atoms with Gasteiger partial charge in [0.05, 0.1) is 18.0 Å². The molecule has 0 aromatic carbocycles. The van der Waals surface area contributed by atoms with E-state index in [9.17, 15) is 22.8 Å². The Bertz CT molecular complexity index is 824. The normalized spacial score (nSPS) is 25.5. The monoisotopic (exact) mass is 442 g/mol. The maximum atomic E-state index is 13.1. The topological polar surface area (TPSA) is 83.0 Å². The van der Waals surface area contributed by atoms with Gasteiger partial charge in [0.1, 0.15) is 11.4 Å². The number of esters is 1. The Morgan fingerprint density at radius 1 is 1.35 bits per heavy atom. The number of halogens is 3. The first kappa shape index (κ1) is 23.3. The third-order valence-electron chi connectivity index (χ3n) is 6.27. The number of likely N-dealkylation sites (tertiary alicyclic amines) is 1. The highest BCUT2D eigenvalue weighted by atomic mass is 19.4. The standard InChI is InChI=1S/C21H29F3N4O3/c1-4-28-9-5-20(6-10-28)17(14(3)19(30)31-20)18(29)26-8-7-25-16-11-15(21(22,23)24)13(2)12-27-16/h12,15H,4-11H2,1-3H3,(H,25,27)(H,26,29). The molecule has 172 valence electrons. The molecule has 31 heavy (non-hydrogen) atoms. The third-order valence-corrected chi connectivity index (χ3v) is 6.27. The van der Waals surface area contributed by atoms with Crippen molar-refractivity contribution in [2.75, 3.05) is 32.7 Å². The minimum atomic E-state index is -4.32. The van der Waals surface area contributed by atoms with E-state index in [2.05, 4.69) is 27.4 Å². The number of aliphatic imine (C=N–C) groups is 1. The molecule has 3 aliphatic rings. The summed E-state index contributed by atoms with van der Waals surface area (Å²) in [5, 5.41) is 5.53. The van der Waals surface area contributed by atoms with Crippen molar-refractivity contribution in [2.45, 2.75) is 51.8 Å². The van der Waals surface area contributed by atoms with Gasteiger partial charge in [0.15, 0.2) is 0 Å². The van der Waals surface area contributed by atoms with Gasteiger partial charge in [-0.2, -0.15) is 13.2 Å². The summed E-state index contributed by atoms with van der Waals surface area (Å²) in [6, 6.07) is 0. The van der Waals surface area contributed by atoms with Crippen molar-refractivity contribution in [2.24, 2.45) is 10.9 Å². The van der Waals surface area contributed by atoms with Crippen LogP contribution in [-0.2, 0) is 14.3 Å². The smallest absolute Gasteiger partial charge is 0.395 e. The summed E-state index contributed by atoms with van der Waals surface area (Å²) in [6.45, 7) is 7.73. The van der Waals surface area contributed by atoms with Gasteiger partial charge in [-0.05, 0) is 26.0 Å². The fourth-order valence-corrected chi connectivity index (χ4v) is 4.35. The van der Waals surface area contributed by atoms with Crippen LogP contribution in [0.25, 0.3) is 0 Å².